The van der Waals surface area contributed by atoms with E-state index in [9.17, 15) is 4.79 Å². The minimum absolute atomic E-state index is 0.304. The lowest BCUT2D eigenvalue weighted by Gasteiger charge is -2.11. The summed E-state index contributed by atoms with van der Waals surface area (Å²) in [6.07, 6.45) is 0. The fourth-order valence-electron chi connectivity index (χ4n) is 1.84. The number of carbonyl (C=O) groups is 1. The highest BCUT2D eigenvalue weighted by molar-refractivity contribution is 7.14. The minimum atomic E-state index is -0.304. The highest BCUT2D eigenvalue weighted by Gasteiger charge is 2.17. The van der Waals surface area contributed by atoms with Gasteiger partial charge in [0.15, 0.2) is 5.13 Å². The molecule has 1 amide bonds. The fraction of sp³-hybridized carbons (Fsp3) is 0.333. The molecule has 21 heavy (non-hydrogen) atoms. The van der Waals surface area contributed by atoms with Crippen molar-refractivity contribution in [2.45, 2.75) is 26.7 Å². The highest BCUT2D eigenvalue weighted by atomic mass is 32.1. The zero-order chi connectivity index (χ0) is 15.4. The number of benzene rings is 1. The van der Waals surface area contributed by atoms with Crippen molar-refractivity contribution in [2.75, 3.05) is 17.7 Å². The van der Waals surface area contributed by atoms with Gasteiger partial charge in [0.25, 0.3) is 5.91 Å². The Morgan fingerprint density at radius 1 is 1.48 bits per heavy atom. The van der Waals surface area contributed by atoms with Crippen LogP contribution in [0.15, 0.2) is 23.6 Å². The van der Waals surface area contributed by atoms with Crippen LogP contribution in [-0.2, 0) is 0 Å². The van der Waals surface area contributed by atoms with E-state index in [4.69, 9.17) is 10.5 Å². The maximum Gasteiger partial charge on any atom is 0.263 e. The van der Waals surface area contributed by atoms with E-state index in [2.05, 4.69) is 24.1 Å². The average molecular weight is 305 g/mol. The first-order valence-corrected chi connectivity index (χ1v) is 7.69. The van der Waals surface area contributed by atoms with Gasteiger partial charge in [-0.2, -0.15) is 0 Å². The Labute approximate surface area is 128 Å². The molecule has 0 bridgehead atoms. The SMILES string of the molecule is CCOc1cccc(N)c1C(=O)Nc1nc(C(C)C)cs1. The van der Waals surface area contributed by atoms with Crippen LogP contribution in [0.5, 0.6) is 5.75 Å². The zero-order valence-electron chi connectivity index (χ0n) is 12.3. The van der Waals surface area contributed by atoms with Crippen LogP contribution >= 0.6 is 11.3 Å². The van der Waals surface area contributed by atoms with Crippen molar-refractivity contribution in [1.29, 1.82) is 0 Å². The molecule has 0 fully saturated rings. The van der Waals surface area contributed by atoms with Crippen molar-refractivity contribution in [3.63, 3.8) is 0 Å². The molecule has 6 heteroatoms. The Morgan fingerprint density at radius 3 is 2.86 bits per heavy atom. The van der Waals surface area contributed by atoms with Gasteiger partial charge in [-0.1, -0.05) is 19.9 Å². The van der Waals surface area contributed by atoms with Crippen LogP contribution in [0.3, 0.4) is 0 Å². The van der Waals surface area contributed by atoms with Crippen molar-refractivity contribution >= 4 is 28.1 Å². The number of anilines is 2. The summed E-state index contributed by atoms with van der Waals surface area (Å²) in [6, 6.07) is 5.17. The molecule has 0 aliphatic heterocycles. The zero-order valence-corrected chi connectivity index (χ0v) is 13.2. The number of hydrogen-bond donors (Lipinski definition) is 2. The monoisotopic (exact) mass is 305 g/mol. The summed E-state index contributed by atoms with van der Waals surface area (Å²) < 4.78 is 5.46. The van der Waals surface area contributed by atoms with E-state index < -0.39 is 0 Å². The Morgan fingerprint density at radius 2 is 2.24 bits per heavy atom. The van der Waals surface area contributed by atoms with Gasteiger partial charge in [-0.05, 0) is 25.0 Å². The largest absolute Gasteiger partial charge is 0.493 e. The van der Waals surface area contributed by atoms with Gasteiger partial charge in [-0.15, -0.1) is 11.3 Å². The average Bonchev–Trinajstić information content (AvgIpc) is 2.87. The first-order chi connectivity index (χ1) is 10.0. The number of rotatable bonds is 5. The topological polar surface area (TPSA) is 77.2 Å². The van der Waals surface area contributed by atoms with E-state index in [1.165, 1.54) is 11.3 Å². The minimum Gasteiger partial charge on any atom is -0.493 e. The molecule has 1 heterocycles. The molecule has 3 N–H and O–H groups in total. The predicted octanol–water partition coefficient (Wildman–Crippen LogP) is 3.50. The third-order valence-electron chi connectivity index (χ3n) is 2.92. The van der Waals surface area contributed by atoms with E-state index in [1.807, 2.05) is 12.3 Å². The van der Waals surface area contributed by atoms with E-state index in [1.54, 1.807) is 18.2 Å². The normalized spacial score (nSPS) is 10.7. The van der Waals surface area contributed by atoms with Crippen LogP contribution in [0.1, 0.15) is 42.7 Å². The molecular weight excluding hydrogens is 286 g/mol. The van der Waals surface area contributed by atoms with Crippen LogP contribution in [0.4, 0.5) is 10.8 Å². The number of nitrogens with zero attached hydrogens (tertiary/aromatic N) is 1. The second-order valence-electron chi connectivity index (χ2n) is 4.84. The number of ether oxygens (including phenoxy) is 1. The summed E-state index contributed by atoms with van der Waals surface area (Å²) in [6.45, 7) is 6.45. The lowest BCUT2D eigenvalue weighted by Crippen LogP contribution is -2.15. The molecule has 0 aliphatic rings. The summed E-state index contributed by atoms with van der Waals surface area (Å²) in [4.78, 5) is 16.8. The Bertz CT molecular complexity index is 638. The molecule has 0 unspecified atom stereocenters. The fourth-order valence-corrected chi connectivity index (χ4v) is 2.70. The third-order valence-corrected chi connectivity index (χ3v) is 3.70. The predicted molar refractivity (Wildman–Crippen MR) is 86.2 cm³/mol. The van der Waals surface area contributed by atoms with Crippen molar-refractivity contribution < 1.29 is 9.53 Å². The van der Waals surface area contributed by atoms with E-state index in [0.717, 1.165) is 5.69 Å². The molecule has 5 nitrogen and oxygen atoms in total. The highest BCUT2D eigenvalue weighted by Crippen LogP contribution is 2.27. The lowest BCUT2D eigenvalue weighted by molar-refractivity contribution is 0.102. The van der Waals surface area contributed by atoms with Crippen molar-refractivity contribution in [3.8, 4) is 5.75 Å². The Kier molecular flexibility index (Phi) is 4.80. The van der Waals surface area contributed by atoms with Gasteiger partial charge in [0.05, 0.1) is 12.3 Å². The van der Waals surface area contributed by atoms with Crippen LogP contribution in [0.25, 0.3) is 0 Å². The number of carbonyl (C=O) groups excluding carboxylic acids is 1. The van der Waals surface area contributed by atoms with Crippen molar-refractivity contribution in [1.82, 2.24) is 4.98 Å². The molecule has 0 aliphatic carbocycles. The van der Waals surface area contributed by atoms with Crippen LogP contribution in [0.2, 0.25) is 0 Å². The molecular formula is C15H19N3O2S. The van der Waals surface area contributed by atoms with Crippen LogP contribution in [-0.4, -0.2) is 17.5 Å². The summed E-state index contributed by atoms with van der Waals surface area (Å²) in [7, 11) is 0. The second kappa shape index (κ2) is 6.58. The summed E-state index contributed by atoms with van der Waals surface area (Å²) in [5.74, 6) is 0.504. The molecule has 1 aromatic carbocycles. The molecule has 2 aromatic rings. The van der Waals surface area contributed by atoms with Crippen molar-refractivity contribution in [3.05, 3.63) is 34.8 Å². The number of hydrogen-bond acceptors (Lipinski definition) is 5. The van der Waals surface area contributed by atoms with E-state index in [-0.39, 0.29) is 5.91 Å². The molecule has 1 aromatic heterocycles. The second-order valence-corrected chi connectivity index (χ2v) is 5.70. The number of nitrogens with one attached hydrogen (secondary N) is 1. The third kappa shape index (κ3) is 3.52. The lowest BCUT2D eigenvalue weighted by atomic mass is 10.1. The quantitative estimate of drug-likeness (QED) is 0.829. The number of aromatic nitrogens is 1. The summed E-state index contributed by atoms with van der Waals surface area (Å²) in [5.41, 5.74) is 7.60. The smallest absolute Gasteiger partial charge is 0.263 e. The van der Waals surface area contributed by atoms with Gasteiger partial charge >= 0.3 is 0 Å². The molecule has 0 atom stereocenters. The van der Waals surface area contributed by atoms with Gasteiger partial charge in [-0.25, -0.2) is 4.98 Å². The summed E-state index contributed by atoms with van der Waals surface area (Å²) in [5, 5.41) is 5.29. The standard InChI is InChI=1S/C15H19N3O2S/c1-4-20-12-7-5-6-10(16)13(12)14(19)18-15-17-11(8-21-15)9(2)3/h5-9H,4,16H2,1-3H3,(H,17,18,19). The maximum atomic E-state index is 12.4. The first-order valence-electron chi connectivity index (χ1n) is 6.81. The molecule has 0 spiro atoms. The van der Waals surface area contributed by atoms with Gasteiger partial charge in [0.1, 0.15) is 11.3 Å². The number of thiazole rings is 1. The van der Waals surface area contributed by atoms with Gasteiger partial charge in [0.2, 0.25) is 0 Å². The maximum absolute atomic E-state index is 12.4. The van der Waals surface area contributed by atoms with E-state index >= 15 is 0 Å². The van der Waals surface area contributed by atoms with Crippen molar-refractivity contribution in [2.24, 2.45) is 0 Å². The van der Waals surface area contributed by atoms with Gasteiger partial charge < -0.3 is 10.5 Å². The number of amides is 1. The molecule has 0 saturated carbocycles. The number of nitrogens with two attached hydrogens (primary N) is 1. The molecule has 0 radical (unpaired) electrons. The Balaban J connectivity index is 2.23. The number of nitrogen functional groups attached to an aromatic ring is 1. The van der Waals surface area contributed by atoms with Gasteiger partial charge in [0, 0.05) is 11.1 Å². The molecule has 0 saturated heterocycles. The van der Waals surface area contributed by atoms with Crippen LogP contribution in [0, 0.1) is 0 Å². The molecule has 2 rings (SSSR count). The summed E-state index contributed by atoms with van der Waals surface area (Å²) >= 11 is 1.40. The first kappa shape index (κ1) is 15.3. The van der Waals surface area contributed by atoms with Crippen LogP contribution < -0.4 is 15.8 Å². The van der Waals surface area contributed by atoms with E-state index in [0.29, 0.717) is 34.7 Å². The molecule has 112 valence electrons. The Hall–Kier alpha value is -2.08. The van der Waals surface area contributed by atoms with Gasteiger partial charge in [-0.3, -0.25) is 10.1 Å².